The monoisotopic (exact) mass is 252 g/mol. The van der Waals surface area contributed by atoms with Crippen molar-refractivity contribution in [3.63, 3.8) is 0 Å². The molecule has 2 nitrogen and oxygen atoms in total. The first-order valence-corrected chi connectivity index (χ1v) is 2.95. The van der Waals surface area contributed by atoms with E-state index in [-0.39, 0.29) is 19.5 Å². The molecule has 0 radical (unpaired) electrons. The zero-order valence-electron chi connectivity index (χ0n) is 6.50. The van der Waals surface area contributed by atoms with Gasteiger partial charge in [0.2, 0.25) is 0 Å². The van der Waals surface area contributed by atoms with Crippen LogP contribution in [0.3, 0.4) is 0 Å². The van der Waals surface area contributed by atoms with E-state index in [0.717, 1.165) is 6.42 Å². The molecule has 0 saturated heterocycles. The molecule has 66 valence electrons. The van der Waals surface area contributed by atoms with Crippen LogP contribution in [0.2, 0.25) is 0 Å². The van der Waals surface area contributed by atoms with Crippen molar-refractivity contribution in [2.24, 2.45) is 0 Å². The van der Waals surface area contributed by atoms with E-state index >= 15 is 0 Å². The van der Waals surface area contributed by atoms with E-state index in [1.807, 2.05) is 12.2 Å². The van der Waals surface area contributed by atoms with Crippen LogP contribution in [0.5, 0.6) is 0 Å². The fourth-order valence-electron chi connectivity index (χ4n) is 0.521. The molecule has 0 amide bonds. The van der Waals surface area contributed by atoms with Crippen LogP contribution in [0.4, 0.5) is 0 Å². The van der Waals surface area contributed by atoms with Crippen LogP contribution in [-0.4, -0.2) is 13.6 Å². The molecule has 0 aromatic heterocycles. The summed E-state index contributed by atoms with van der Waals surface area (Å²) in [6.07, 6.45) is 13.5. The number of carbonyl (C=O) groups excluding carboxylic acids is 2. The number of allylic oxidation sites excluding steroid dienone is 6. The summed E-state index contributed by atoms with van der Waals surface area (Å²) in [5.41, 5.74) is 0. The summed E-state index contributed by atoms with van der Waals surface area (Å²) >= 11 is 0. The SMILES string of the molecule is C1=CC=CCC=C1.[CH-]=O.[CH-]=O.[Ru+2]. The quantitative estimate of drug-likeness (QED) is 0.371. The van der Waals surface area contributed by atoms with E-state index in [9.17, 15) is 0 Å². The van der Waals surface area contributed by atoms with Crippen molar-refractivity contribution in [2.45, 2.75) is 6.42 Å². The van der Waals surface area contributed by atoms with Crippen molar-refractivity contribution in [3.05, 3.63) is 36.5 Å². The van der Waals surface area contributed by atoms with E-state index in [4.69, 9.17) is 9.59 Å². The van der Waals surface area contributed by atoms with Crippen molar-refractivity contribution >= 4 is 13.6 Å². The second-order valence-corrected chi connectivity index (χ2v) is 1.48. The molecular formula is C9H10O2Ru. The molecule has 0 bridgehead atoms. The Bertz CT molecular complexity index is 135. The average Bonchev–Trinajstić information content (AvgIpc) is 2.42. The van der Waals surface area contributed by atoms with E-state index in [0.29, 0.717) is 0 Å². The minimum atomic E-state index is 0. The van der Waals surface area contributed by atoms with Gasteiger partial charge in [-0.05, 0) is 6.42 Å². The Morgan fingerprint density at radius 1 is 0.750 bits per heavy atom. The van der Waals surface area contributed by atoms with E-state index in [1.54, 1.807) is 0 Å². The van der Waals surface area contributed by atoms with Gasteiger partial charge in [-0.3, -0.25) is 13.6 Å². The maximum atomic E-state index is 7.75. The first-order valence-electron chi connectivity index (χ1n) is 2.95. The zero-order valence-corrected chi connectivity index (χ0v) is 8.23. The molecule has 0 atom stereocenters. The predicted molar refractivity (Wildman–Crippen MR) is 45.5 cm³/mol. The maximum Gasteiger partial charge on any atom is 2.00 e. The standard InChI is InChI=1S/C7H8.2CHO.Ru/c1-2-4-6-7-5-3-1;2*1-2;/h1-6H,7H2;2*1H;/q;2*-1;+2. The van der Waals surface area contributed by atoms with Crippen LogP contribution in [0, 0.1) is 0 Å². The third kappa shape index (κ3) is 16.1. The molecule has 0 N–H and O–H groups in total. The van der Waals surface area contributed by atoms with Gasteiger partial charge in [0.1, 0.15) is 0 Å². The normalized spacial score (nSPS) is 10.7. The van der Waals surface area contributed by atoms with Gasteiger partial charge in [0.15, 0.2) is 0 Å². The Kier molecular flexibility index (Phi) is 32.4. The van der Waals surface area contributed by atoms with Crippen LogP contribution in [0.25, 0.3) is 0 Å². The van der Waals surface area contributed by atoms with Gasteiger partial charge in [0.05, 0.1) is 0 Å². The van der Waals surface area contributed by atoms with Crippen LogP contribution in [0.15, 0.2) is 36.5 Å². The summed E-state index contributed by atoms with van der Waals surface area (Å²) in [7, 11) is 0. The molecule has 0 saturated carbocycles. The molecular weight excluding hydrogens is 241 g/mol. The Hall–Kier alpha value is -0.817. The Morgan fingerprint density at radius 3 is 1.42 bits per heavy atom. The molecule has 12 heavy (non-hydrogen) atoms. The molecule has 3 heteroatoms. The van der Waals surface area contributed by atoms with Crippen LogP contribution >= 0.6 is 0 Å². The molecule has 1 aliphatic carbocycles. The molecule has 0 unspecified atom stereocenters. The van der Waals surface area contributed by atoms with Crippen molar-refractivity contribution in [3.8, 4) is 0 Å². The minimum absolute atomic E-state index is 0. The molecule has 1 rings (SSSR count). The summed E-state index contributed by atoms with van der Waals surface area (Å²) in [4.78, 5) is 15.5. The van der Waals surface area contributed by atoms with Gasteiger partial charge in [-0.25, -0.2) is 0 Å². The van der Waals surface area contributed by atoms with E-state index < -0.39 is 0 Å². The van der Waals surface area contributed by atoms with Gasteiger partial charge in [0.25, 0.3) is 0 Å². The van der Waals surface area contributed by atoms with Gasteiger partial charge in [-0.2, -0.15) is 0 Å². The first kappa shape index (κ1) is 17.3. The van der Waals surface area contributed by atoms with Crippen LogP contribution in [0.1, 0.15) is 6.42 Å². The minimum Gasteiger partial charge on any atom is -0.545 e. The molecule has 0 fully saturated rings. The topological polar surface area (TPSA) is 34.1 Å². The number of rotatable bonds is 0. The maximum absolute atomic E-state index is 7.75. The van der Waals surface area contributed by atoms with Gasteiger partial charge < -0.3 is 9.59 Å². The van der Waals surface area contributed by atoms with Crippen molar-refractivity contribution in [1.82, 2.24) is 0 Å². The molecule has 0 spiro atoms. The van der Waals surface area contributed by atoms with Crippen LogP contribution < -0.4 is 0 Å². The van der Waals surface area contributed by atoms with Crippen molar-refractivity contribution < 1.29 is 29.1 Å². The predicted octanol–water partition coefficient (Wildman–Crippen LogP) is 1.51. The number of hydrogen-bond donors (Lipinski definition) is 0. The summed E-state index contributed by atoms with van der Waals surface area (Å²) in [5, 5.41) is 0. The second-order valence-electron chi connectivity index (χ2n) is 1.48. The molecule has 1 aliphatic rings. The number of hydrogen-bond acceptors (Lipinski definition) is 2. The van der Waals surface area contributed by atoms with Gasteiger partial charge in [0, 0.05) is 0 Å². The Labute approximate surface area is 85.8 Å². The largest absolute Gasteiger partial charge is 2.00 e. The van der Waals surface area contributed by atoms with Crippen LogP contribution in [-0.2, 0) is 29.1 Å². The summed E-state index contributed by atoms with van der Waals surface area (Å²) in [6.45, 7) is 6.50. The van der Waals surface area contributed by atoms with E-state index in [2.05, 4.69) is 37.9 Å². The second kappa shape index (κ2) is 22.5. The van der Waals surface area contributed by atoms with E-state index in [1.165, 1.54) is 0 Å². The summed E-state index contributed by atoms with van der Waals surface area (Å²) in [6, 6.07) is 0. The first-order chi connectivity index (χ1) is 5.50. The fourth-order valence-corrected chi connectivity index (χ4v) is 0.521. The fraction of sp³-hybridized carbons (Fsp3) is 0.111. The summed E-state index contributed by atoms with van der Waals surface area (Å²) < 4.78 is 0. The third-order valence-electron chi connectivity index (χ3n) is 0.878. The van der Waals surface area contributed by atoms with Gasteiger partial charge in [-0.1, -0.05) is 36.5 Å². The van der Waals surface area contributed by atoms with Crippen molar-refractivity contribution in [1.29, 1.82) is 0 Å². The smallest absolute Gasteiger partial charge is 0.545 e. The Morgan fingerprint density at radius 2 is 1.08 bits per heavy atom. The van der Waals surface area contributed by atoms with Gasteiger partial charge in [-0.15, -0.1) is 0 Å². The Balaban J connectivity index is -0.000000144. The summed E-state index contributed by atoms with van der Waals surface area (Å²) in [5.74, 6) is 0. The molecule has 0 aromatic rings. The van der Waals surface area contributed by atoms with Gasteiger partial charge >= 0.3 is 19.5 Å². The molecule has 0 aliphatic heterocycles. The molecule has 0 aromatic carbocycles. The van der Waals surface area contributed by atoms with Crippen molar-refractivity contribution in [2.75, 3.05) is 0 Å². The molecule has 0 heterocycles. The third-order valence-corrected chi connectivity index (χ3v) is 0.878. The zero-order chi connectivity index (χ0) is 8.95. The average molecular weight is 251 g/mol.